The minimum absolute atomic E-state index is 0.351. The van der Waals surface area contributed by atoms with Crippen LogP contribution < -0.4 is 15.4 Å². The van der Waals surface area contributed by atoms with Gasteiger partial charge in [-0.2, -0.15) is 5.10 Å². The first-order valence-corrected chi connectivity index (χ1v) is 11.0. The summed E-state index contributed by atoms with van der Waals surface area (Å²) in [5, 5.41) is 23.3. The van der Waals surface area contributed by atoms with Gasteiger partial charge in [0.15, 0.2) is 5.82 Å². The Bertz CT molecular complexity index is 1360. The van der Waals surface area contributed by atoms with Crippen molar-refractivity contribution in [3.63, 3.8) is 0 Å². The van der Waals surface area contributed by atoms with Gasteiger partial charge in [0.2, 0.25) is 0 Å². The van der Waals surface area contributed by atoms with E-state index in [1.807, 2.05) is 48.5 Å². The smallest absolute Gasteiger partial charge is 0.154 e. The molecule has 172 valence electrons. The number of anilines is 2. The van der Waals surface area contributed by atoms with Crippen LogP contribution >= 0.6 is 0 Å². The third-order valence-corrected chi connectivity index (χ3v) is 5.36. The number of fused-ring (bicyclic) bond motifs is 1. The molecule has 4 aromatic rings. The van der Waals surface area contributed by atoms with Crippen molar-refractivity contribution in [2.45, 2.75) is 19.8 Å². The van der Waals surface area contributed by atoms with E-state index in [0.29, 0.717) is 40.1 Å². The zero-order valence-corrected chi connectivity index (χ0v) is 19.6. The fourth-order valence-electron chi connectivity index (χ4n) is 3.49. The molecule has 0 atom stereocenters. The Kier molecular flexibility index (Phi) is 6.77. The summed E-state index contributed by atoms with van der Waals surface area (Å²) < 4.78 is 5.32. The van der Waals surface area contributed by atoms with E-state index in [0.717, 1.165) is 22.2 Å². The Morgan fingerprint density at radius 3 is 2.62 bits per heavy atom. The molecule has 0 aliphatic carbocycles. The first-order valence-electron chi connectivity index (χ1n) is 11.0. The standard InChI is InChI=1S/C26H27N7O/c1-16(2)18-12-25(33-30-14-18)32-24-9-8-22-23(31-24)11-19(13-29-22)21(15-28-3)26(27)17-6-5-7-20(10-17)34-4/h5-16,27-28H,1-4H3,(H,31,32,33)/b21-15-,27-26?. The van der Waals surface area contributed by atoms with E-state index >= 15 is 0 Å². The molecule has 0 aliphatic rings. The van der Waals surface area contributed by atoms with Crippen molar-refractivity contribution in [2.24, 2.45) is 0 Å². The summed E-state index contributed by atoms with van der Waals surface area (Å²) in [6.07, 6.45) is 5.32. The number of pyridine rings is 2. The van der Waals surface area contributed by atoms with Gasteiger partial charge in [-0.05, 0) is 47.9 Å². The van der Waals surface area contributed by atoms with Crippen LogP contribution in [0.5, 0.6) is 5.75 Å². The Hall–Kier alpha value is -4.33. The first-order chi connectivity index (χ1) is 16.5. The minimum Gasteiger partial charge on any atom is -0.497 e. The fraction of sp³-hybridized carbons (Fsp3) is 0.192. The monoisotopic (exact) mass is 453 g/mol. The number of nitrogens with one attached hydrogen (secondary N) is 3. The van der Waals surface area contributed by atoms with E-state index in [1.54, 1.807) is 32.8 Å². The van der Waals surface area contributed by atoms with Crippen molar-refractivity contribution in [1.82, 2.24) is 25.5 Å². The molecule has 0 unspecified atom stereocenters. The van der Waals surface area contributed by atoms with E-state index in [4.69, 9.17) is 15.1 Å². The van der Waals surface area contributed by atoms with E-state index < -0.39 is 0 Å². The normalized spacial score (nSPS) is 11.5. The predicted octanol–water partition coefficient (Wildman–Crippen LogP) is 4.92. The number of methoxy groups -OCH3 is 1. The lowest BCUT2D eigenvalue weighted by atomic mass is 9.97. The summed E-state index contributed by atoms with van der Waals surface area (Å²) in [6, 6.07) is 15.1. The van der Waals surface area contributed by atoms with Crippen LogP contribution in [0.3, 0.4) is 0 Å². The van der Waals surface area contributed by atoms with Gasteiger partial charge in [0.05, 0.1) is 30.1 Å². The Balaban J connectivity index is 1.67. The Labute approximate surface area is 198 Å². The highest BCUT2D eigenvalue weighted by Crippen LogP contribution is 2.25. The molecule has 0 radical (unpaired) electrons. The van der Waals surface area contributed by atoms with Gasteiger partial charge in [-0.15, -0.1) is 5.10 Å². The molecule has 0 spiro atoms. The van der Waals surface area contributed by atoms with Gasteiger partial charge in [0.25, 0.3) is 0 Å². The molecular formula is C26H27N7O. The molecule has 0 bridgehead atoms. The van der Waals surface area contributed by atoms with E-state index in [9.17, 15) is 0 Å². The van der Waals surface area contributed by atoms with Crippen LogP contribution in [0, 0.1) is 5.41 Å². The maximum atomic E-state index is 8.81. The molecule has 0 amide bonds. The first kappa shape index (κ1) is 22.8. The number of nitrogens with zero attached hydrogens (tertiary/aromatic N) is 4. The van der Waals surface area contributed by atoms with Gasteiger partial charge in [-0.25, -0.2) is 4.98 Å². The molecule has 1 aromatic carbocycles. The lowest BCUT2D eigenvalue weighted by Gasteiger charge is -2.12. The molecule has 4 rings (SSSR count). The number of rotatable bonds is 8. The number of hydrogen-bond donors (Lipinski definition) is 3. The third kappa shape index (κ3) is 5.01. The minimum atomic E-state index is 0.351. The highest BCUT2D eigenvalue weighted by atomic mass is 16.5. The van der Waals surface area contributed by atoms with Gasteiger partial charge < -0.3 is 15.4 Å². The van der Waals surface area contributed by atoms with Gasteiger partial charge in [0.1, 0.15) is 11.6 Å². The lowest BCUT2D eigenvalue weighted by Crippen LogP contribution is -2.08. The highest BCUT2D eigenvalue weighted by molar-refractivity contribution is 6.30. The van der Waals surface area contributed by atoms with E-state index in [2.05, 4.69) is 39.7 Å². The van der Waals surface area contributed by atoms with Crippen molar-refractivity contribution in [1.29, 1.82) is 5.41 Å². The summed E-state index contributed by atoms with van der Waals surface area (Å²) in [5.74, 6) is 2.33. The van der Waals surface area contributed by atoms with Crippen LogP contribution in [0.25, 0.3) is 16.6 Å². The second-order valence-corrected chi connectivity index (χ2v) is 8.07. The van der Waals surface area contributed by atoms with Crippen LogP contribution in [0.1, 0.15) is 36.5 Å². The van der Waals surface area contributed by atoms with E-state index in [1.165, 1.54) is 0 Å². The van der Waals surface area contributed by atoms with Gasteiger partial charge in [0, 0.05) is 36.1 Å². The van der Waals surface area contributed by atoms with Crippen LogP contribution in [0.4, 0.5) is 11.6 Å². The number of benzene rings is 1. The van der Waals surface area contributed by atoms with Crippen LogP contribution in [-0.2, 0) is 0 Å². The number of allylic oxidation sites excluding steroid dienone is 1. The second kappa shape index (κ2) is 10.1. The Morgan fingerprint density at radius 1 is 1.00 bits per heavy atom. The molecule has 0 saturated heterocycles. The topological polar surface area (TPSA) is 109 Å². The molecule has 8 heteroatoms. The van der Waals surface area contributed by atoms with Crippen molar-refractivity contribution in [3.8, 4) is 5.75 Å². The van der Waals surface area contributed by atoms with Crippen molar-refractivity contribution < 1.29 is 4.74 Å². The maximum Gasteiger partial charge on any atom is 0.154 e. The summed E-state index contributed by atoms with van der Waals surface area (Å²) in [6.45, 7) is 4.23. The average molecular weight is 454 g/mol. The molecular weight excluding hydrogens is 426 g/mol. The maximum absolute atomic E-state index is 8.81. The van der Waals surface area contributed by atoms with Gasteiger partial charge >= 0.3 is 0 Å². The van der Waals surface area contributed by atoms with Crippen LogP contribution in [0.2, 0.25) is 0 Å². The summed E-state index contributed by atoms with van der Waals surface area (Å²) in [4.78, 5) is 9.30. The molecule has 34 heavy (non-hydrogen) atoms. The van der Waals surface area contributed by atoms with Crippen LogP contribution in [-0.4, -0.2) is 40.0 Å². The molecule has 3 N–H and O–H groups in total. The van der Waals surface area contributed by atoms with Crippen molar-refractivity contribution in [3.05, 3.63) is 83.8 Å². The quantitative estimate of drug-likeness (QED) is 0.325. The molecule has 0 fully saturated rings. The highest BCUT2D eigenvalue weighted by Gasteiger charge is 2.14. The molecule has 0 saturated carbocycles. The summed E-state index contributed by atoms with van der Waals surface area (Å²) >= 11 is 0. The summed E-state index contributed by atoms with van der Waals surface area (Å²) in [5.41, 5.74) is 5.13. The number of aromatic nitrogens is 4. The van der Waals surface area contributed by atoms with Crippen LogP contribution in [0.15, 0.2) is 67.1 Å². The molecule has 8 nitrogen and oxygen atoms in total. The van der Waals surface area contributed by atoms with E-state index in [-0.39, 0.29) is 0 Å². The Morgan fingerprint density at radius 2 is 1.85 bits per heavy atom. The molecule has 0 aliphatic heterocycles. The second-order valence-electron chi connectivity index (χ2n) is 8.07. The fourth-order valence-corrected chi connectivity index (χ4v) is 3.49. The summed E-state index contributed by atoms with van der Waals surface area (Å²) in [7, 11) is 3.42. The number of hydrogen-bond acceptors (Lipinski definition) is 8. The zero-order valence-electron chi connectivity index (χ0n) is 19.6. The van der Waals surface area contributed by atoms with Crippen molar-refractivity contribution >= 4 is 34.0 Å². The average Bonchev–Trinajstić information content (AvgIpc) is 2.86. The lowest BCUT2D eigenvalue weighted by molar-refractivity contribution is 0.414. The van der Waals surface area contributed by atoms with Crippen molar-refractivity contribution in [2.75, 3.05) is 19.5 Å². The predicted molar refractivity (Wildman–Crippen MR) is 136 cm³/mol. The largest absolute Gasteiger partial charge is 0.497 e. The zero-order chi connectivity index (χ0) is 24.1. The van der Waals surface area contributed by atoms with Gasteiger partial charge in [-0.3, -0.25) is 10.4 Å². The molecule has 3 aromatic heterocycles. The van der Waals surface area contributed by atoms with Gasteiger partial charge in [-0.1, -0.05) is 26.0 Å². The molecule has 3 heterocycles. The third-order valence-electron chi connectivity index (χ3n) is 5.36. The SMILES string of the molecule is CN/C=C(\C(=N)c1cccc(OC)c1)c1cnc2ccc(Nc3cc(C(C)C)cnn3)nc2c1. The number of ether oxygens (including phenoxy) is 1.